The number of hydrogen-bond donors (Lipinski definition) is 1. The van der Waals surface area contributed by atoms with Crippen LogP contribution in [-0.4, -0.2) is 22.5 Å². The molecule has 0 aliphatic heterocycles. The Hall–Kier alpha value is -0.870. The minimum Gasteiger partial charge on any atom is -0.377 e. The number of nitrogens with two attached hydrogens (primary N) is 1. The molecular weight excluding hydrogens is 166 g/mol. The molecule has 74 valence electrons. The van der Waals surface area contributed by atoms with Gasteiger partial charge >= 0.3 is 0 Å². The monoisotopic (exact) mass is 183 g/mol. The highest BCUT2D eigenvalue weighted by molar-refractivity contribution is 5.07. The first kappa shape index (κ1) is 10.2. The number of hydrogen-bond acceptors (Lipinski definition) is 3. The van der Waals surface area contributed by atoms with Crippen molar-refractivity contribution in [1.29, 1.82) is 0 Å². The Balaban J connectivity index is 2.67. The van der Waals surface area contributed by atoms with Crippen LogP contribution in [0.2, 0.25) is 0 Å². The van der Waals surface area contributed by atoms with E-state index >= 15 is 0 Å². The van der Waals surface area contributed by atoms with Gasteiger partial charge in [-0.05, 0) is 19.9 Å². The van der Waals surface area contributed by atoms with E-state index < -0.39 is 0 Å². The van der Waals surface area contributed by atoms with Gasteiger partial charge in [-0.1, -0.05) is 0 Å². The van der Waals surface area contributed by atoms with Crippen molar-refractivity contribution < 1.29 is 4.74 Å². The van der Waals surface area contributed by atoms with Crippen molar-refractivity contribution in [2.75, 3.05) is 6.61 Å². The molecule has 0 amide bonds. The summed E-state index contributed by atoms with van der Waals surface area (Å²) >= 11 is 0. The molecule has 0 aromatic carbocycles. The number of ether oxygens (including phenoxy) is 1. The summed E-state index contributed by atoms with van der Waals surface area (Å²) in [5, 5.41) is 4.06. The Bertz CT molecular complexity index is 259. The quantitative estimate of drug-likeness (QED) is 0.752. The minimum absolute atomic E-state index is 0.0281. The average Bonchev–Trinajstić information content (AvgIpc) is 2.50. The zero-order valence-corrected chi connectivity index (χ0v) is 8.40. The van der Waals surface area contributed by atoms with Gasteiger partial charge in [0.25, 0.3) is 0 Å². The van der Waals surface area contributed by atoms with Gasteiger partial charge in [0.2, 0.25) is 0 Å². The van der Waals surface area contributed by atoms with E-state index in [0.717, 1.165) is 5.69 Å². The van der Waals surface area contributed by atoms with Gasteiger partial charge in [0.05, 0.1) is 17.8 Å². The van der Waals surface area contributed by atoms with Gasteiger partial charge < -0.3 is 10.5 Å². The van der Waals surface area contributed by atoms with Crippen LogP contribution in [0.4, 0.5) is 0 Å². The highest BCUT2D eigenvalue weighted by Crippen LogP contribution is 2.14. The van der Waals surface area contributed by atoms with Gasteiger partial charge in [-0.25, -0.2) is 0 Å². The summed E-state index contributed by atoms with van der Waals surface area (Å²) in [5.41, 5.74) is 6.98. The maximum Gasteiger partial charge on any atom is 0.0754 e. The third kappa shape index (κ3) is 2.29. The van der Waals surface area contributed by atoms with Crippen molar-refractivity contribution in [3.8, 4) is 0 Å². The molecule has 0 bridgehead atoms. The van der Waals surface area contributed by atoms with Crippen LogP contribution in [0, 0.1) is 0 Å². The normalized spacial score (nSPS) is 15.7. The predicted octanol–water partition coefficient (Wildman–Crippen LogP) is 0.845. The third-order valence-electron chi connectivity index (χ3n) is 2.14. The zero-order valence-electron chi connectivity index (χ0n) is 8.40. The molecule has 1 heterocycles. The van der Waals surface area contributed by atoms with Crippen LogP contribution in [0.3, 0.4) is 0 Å². The summed E-state index contributed by atoms with van der Waals surface area (Å²) in [6, 6.07) is 1.81. The molecule has 0 saturated carbocycles. The smallest absolute Gasteiger partial charge is 0.0754 e. The topological polar surface area (TPSA) is 53.1 Å². The van der Waals surface area contributed by atoms with Crippen LogP contribution < -0.4 is 5.73 Å². The number of nitrogens with zero attached hydrogens (tertiary/aromatic N) is 2. The summed E-state index contributed by atoms with van der Waals surface area (Å²) in [7, 11) is 1.88. The molecule has 2 atom stereocenters. The Morgan fingerprint density at radius 3 is 2.85 bits per heavy atom. The van der Waals surface area contributed by atoms with Crippen molar-refractivity contribution >= 4 is 0 Å². The summed E-state index contributed by atoms with van der Waals surface area (Å²) in [5.74, 6) is 0. The Labute approximate surface area is 78.7 Å². The van der Waals surface area contributed by atoms with Crippen LogP contribution in [0.1, 0.15) is 25.6 Å². The molecule has 0 fully saturated rings. The van der Waals surface area contributed by atoms with Crippen LogP contribution in [0.15, 0.2) is 12.3 Å². The van der Waals surface area contributed by atoms with Crippen LogP contribution in [0.5, 0.6) is 0 Å². The minimum atomic E-state index is -0.104. The van der Waals surface area contributed by atoms with Crippen molar-refractivity contribution in [2.24, 2.45) is 12.8 Å². The summed E-state index contributed by atoms with van der Waals surface area (Å²) < 4.78 is 7.19. The Morgan fingerprint density at radius 1 is 1.69 bits per heavy atom. The molecule has 1 aromatic heterocycles. The second-order valence-corrected chi connectivity index (χ2v) is 3.07. The lowest BCUT2D eigenvalue weighted by Crippen LogP contribution is -2.28. The zero-order chi connectivity index (χ0) is 9.84. The predicted molar refractivity (Wildman–Crippen MR) is 51.2 cm³/mol. The first-order valence-electron chi connectivity index (χ1n) is 4.52. The van der Waals surface area contributed by atoms with E-state index in [4.69, 9.17) is 10.5 Å². The van der Waals surface area contributed by atoms with Crippen LogP contribution in [-0.2, 0) is 11.8 Å². The van der Waals surface area contributed by atoms with E-state index in [1.807, 2.05) is 27.0 Å². The Morgan fingerprint density at radius 2 is 2.38 bits per heavy atom. The van der Waals surface area contributed by atoms with Gasteiger partial charge in [0, 0.05) is 19.9 Å². The van der Waals surface area contributed by atoms with E-state index in [1.54, 1.807) is 10.9 Å². The fourth-order valence-electron chi connectivity index (χ4n) is 1.32. The molecule has 0 saturated heterocycles. The lowest BCUT2D eigenvalue weighted by atomic mass is 10.1. The van der Waals surface area contributed by atoms with E-state index in [0.29, 0.717) is 6.61 Å². The first-order chi connectivity index (χ1) is 6.16. The summed E-state index contributed by atoms with van der Waals surface area (Å²) in [6.45, 7) is 4.63. The second kappa shape index (κ2) is 4.39. The fraction of sp³-hybridized carbons (Fsp3) is 0.667. The maximum atomic E-state index is 5.98. The highest BCUT2D eigenvalue weighted by atomic mass is 16.5. The summed E-state index contributed by atoms with van der Waals surface area (Å²) in [4.78, 5) is 0. The SMILES string of the molecule is CCOC(C)C(N)c1ccnn1C. The molecule has 4 nitrogen and oxygen atoms in total. The van der Waals surface area contributed by atoms with Gasteiger partial charge in [0.15, 0.2) is 0 Å². The largest absolute Gasteiger partial charge is 0.377 e. The molecule has 2 N–H and O–H groups in total. The van der Waals surface area contributed by atoms with E-state index in [2.05, 4.69) is 5.10 Å². The molecule has 1 rings (SSSR count). The van der Waals surface area contributed by atoms with Crippen LogP contribution >= 0.6 is 0 Å². The van der Waals surface area contributed by atoms with E-state index in [-0.39, 0.29) is 12.1 Å². The maximum absolute atomic E-state index is 5.98. The van der Waals surface area contributed by atoms with Crippen molar-refractivity contribution in [2.45, 2.75) is 26.0 Å². The first-order valence-corrected chi connectivity index (χ1v) is 4.52. The van der Waals surface area contributed by atoms with Crippen molar-refractivity contribution in [1.82, 2.24) is 9.78 Å². The third-order valence-corrected chi connectivity index (χ3v) is 2.14. The van der Waals surface area contributed by atoms with E-state index in [9.17, 15) is 0 Å². The number of rotatable bonds is 4. The average molecular weight is 183 g/mol. The summed E-state index contributed by atoms with van der Waals surface area (Å²) in [6.07, 6.45) is 1.77. The highest BCUT2D eigenvalue weighted by Gasteiger charge is 2.17. The molecule has 0 aliphatic rings. The number of aryl methyl sites for hydroxylation is 1. The molecule has 0 radical (unpaired) electrons. The van der Waals surface area contributed by atoms with Crippen LogP contribution in [0.25, 0.3) is 0 Å². The fourth-order valence-corrected chi connectivity index (χ4v) is 1.32. The second-order valence-electron chi connectivity index (χ2n) is 3.07. The van der Waals surface area contributed by atoms with Crippen molar-refractivity contribution in [3.63, 3.8) is 0 Å². The van der Waals surface area contributed by atoms with Crippen molar-refractivity contribution in [3.05, 3.63) is 18.0 Å². The molecule has 4 heteroatoms. The number of aromatic nitrogens is 2. The van der Waals surface area contributed by atoms with E-state index in [1.165, 1.54) is 0 Å². The van der Waals surface area contributed by atoms with Gasteiger partial charge in [-0.2, -0.15) is 5.10 Å². The lowest BCUT2D eigenvalue weighted by Gasteiger charge is -2.19. The standard InChI is InChI=1S/C9H17N3O/c1-4-13-7(2)9(10)8-5-6-11-12(8)3/h5-7,9H,4,10H2,1-3H3. The molecule has 13 heavy (non-hydrogen) atoms. The lowest BCUT2D eigenvalue weighted by molar-refractivity contribution is 0.0556. The molecule has 1 aromatic rings. The van der Waals surface area contributed by atoms with Gasteiger partial charge in [0.1, 0.15) is 0 Å². The molecular formula is C9H17N3O. The Kier molecular flexibility index (Phi) is 3.45. The van der Waals surface area contributed by atoms with Gasteiger partial charge in [-0.3, -0.25) is 4.68 Å². The molecule has 2 unspecified atom stereocenters. The van der Waals surface area contributed by atoms with Gasteiger partial charge in [-0.15, -0.1) is 0 Å². The molecule has 0 spiro atoms. The molecule has 0 aliphatic carbocycles.